The number of carbonyl (C=O) groups excluding carboxylic acids is 1. The number of unbranched alkanes of at least 4 members (excludes halogenated alkanes) is 1. The Balaban J connectivity index is 2.08. The van der Waals surface area contributed by atoms with E-state index in [1.165, 1.54) is 0 Å². The molecule has 8 heteroatoms. The number of allylic oxidation sites excluding steroid dienone is 2. The summed E-state index contributed by atoms with van der Waals surface area (Å²) in [6.07, 6.45) is 5.83. The normalized spacial score (nSPS) is 12.4. The molecule has 2 aromatic rings. The van der Waals surface area contributed by atoms with Crippen molar-refractivity contribution in [3.8, 4) is 17.2 Å². The Morgan fingerprint density at radius 3 is 2.46 bits per heavy atom. The van der Waals surface area contributed by atoms with E-state index in [2.05, 4.69) is 15.2 Å². The summed E-state index contributed by atoms with van der Waals surface area (Å²) in [6.45, 7) is 7.70. The molecule has 1 N–H and O–H groups in total. The molecule has 0 aliphatic carbocycles. The predicted octanol–water partition coefficient (Wildman–Crippen LogP) is 5.33. The number of carbonyl (C=O) groups is 1. The Morgan fingerprint density at radius 1 is 1.09 bits per heavy atom. The van der Waals surface area contributed by atoms with Crippen LogP contribution < -0.4 is 19.5 Å². The van der Waals surface area contributed by atoms with Gasteiger partial charge in [0.25, 0.3) is 0 Å². The van der Waals surface area contributed by atoms with Crippen molar-refractivity contribution < 1.29 is 23.7 Å². The minimum Gasteiger partial charge on any atom is -0.493 e. The summed E-state index contributed by atoms with van der Waals surface area (Å²) < 4.78 is 22.3. The van der Waals surface area contributed by atoms with Gasteiger partial charge in [0.2, 0.25) is 0 Å². The number of fused-ring (bicyclic) bond motifs is 1. The van der Waals surface area contributed by atoms with Crippen LogP contribution in [-0.2, 0) is 4.74 Å². The Hall–Kier alpha value is -3.26. The van der Waals surface area contributed by atoms with Gasteiger partial charge in [-0.05, 0) is 77.0 Å². The summed E-state index contributed by atoms with van der Waals surface area (Å²) in [5, 5.41) is 3.72. The number of hydrogen-bond acceptors (Lipinski definition) is 7. The Labute approximate surface area is 208 Å². The first-order valence-corrected chi connectivity index (χ1v) is 11.9. The maximum Gasteiger partial charge on any atom is 0.411 e. The van der Waals surface area contributed by atoms with E-state index in [1.807, 2.05) is 59.1 Å². The number of amides is 1. The van der Waals surface area contributed by atoms with Gasteiger partial charge < -0.3 is 23.8 Å². The molecule has 1 aromatic heterocycles. The number of ether oxygens (including phenoxy) is 4. The van der Waals surface area contributed by atoms with Crippen molar-refractivity contribution in [2.45, 2.75) is 40.0 Å². The molecule has 35 heavy (non-hydrogen) atoms. The number of pyridine rings is 1. The highest BCUT2D eigenvalue weighted by molar-refractivity contribution is 5.88. The molecule has 1 heterocycles. The van der Waals surface area contributed by atoms with Crippen LogP contribution in [0.25, 0.3) is 10.9 Å². The molecular formula is C27H39N3O5. The van der Waals surface area contributed by atoms with E-state index in [0.717, 1.165) is 53.6 Å². The Morgan fingerprint density at radius 2 is 1.80 bits per heavy atom. The number of aromatic nitrogens is 1. The highest BCUT2D eigenvalue weighted by atomic mass is 16.5. The summed E-state index contributed by atoms with van der Waals surface area (Å²) in [5.74, 6) is 1.91. The highest BCUT2D eigenvalue weighted by Gasteiger charge is 2.13. The van der Waals surface area contributed by atoms with E-state index < -0.39 is 6.09 Å². The van der Waals surface area contributed by atoms with E-state index in [1.54, 1.807) is 20.4 Å². The molecule has 2 rings (SSSR count). The largest absolute Gasteiger partial charge is 0.493 e. The third-order valence-corrected chi connectivity index (χ3v) is 5.57. The van der Waals surface area contributed by atoms with Crippen molar-refractivity contribution in [1.29, 1.82) is 0 Å². The van der Waals surface area contributed by atoms with Crippen LogP contribution in [0, 0.1) is 0 Å². The maximum absolute atomic E-state index is 12.3. The Bertz CT molecular complexity index is 1050. The molecule has 1 aromatic carbocycles. The fourth-order valence-corrected chi connectivity index (χ4v) is 3.44. The second kappa shape index (κ2) is 14.2. The zero-order valence-electron chi connectivity index (χ0n) is 22.1. The third-order valence-electron chi connectivity index (χ3n) is 5.57. The molecule has 0 saturated heterocycles. The summed E-state index contributed by atoms with van der Waals surface area (Å²) in [5.41, 5.74) is 3.41. The van der Waals surface area contributed by atoms with Crippen LogP contribution in [0.5, 0.6) is 17.2 Å². The first kappa shape index (κ1) is 28.0. The lowest BCUT2D eigenvalue weighted by molar-refractivity contribution is 0.146. The summed E-state index contributed by atoms with van der Waals surface area (Å²) >= 11 is 0. The van der Waals surface area contributed by atoms with Crippen LogP contribution in [-0.4, -0.2) is 64.1 Å². The average molecular weight is 486 g/mol. The molecule has 0 aliphatic rings. The standard InChI is InChI=1S/C27H39N3O5/c1-8-11-22(29-27(31)34-15-10-9-14-30(4)5)20(3)19(2)18-35-24-12-13-28-23-17-26(33-7)25(32-6)16-21(23)24/h11-13,16-17H,8-10,14-15,18H2,1-7H3,(H,29,31)/b20-19-,22-11+. The lowest BCUT2D eigenvalue weighted by Crippen LogP contribution is -2.25. The molecule has 0 spiro atoms. The number of rotatable bonds is 13. The van der Waals surface area contributed by atoms with Crippen LogP contribution >= 0.6 is 0 Å². The SMILES string of the molecule is CC/C=C(NC(=O)OCCCCN(C)C)\C(C)=C(\C)COc1ccnc2cc(OC)c(OC)cc12. The molecule has 0 bridgehead atoms. The molecule has 0 fully saturated rings. The molecular weight excluding hydrogens is 446 g/mol. The zero-order valence-corrected chi connectivity index (χ0v) is 22.1. The van der Waals surface area contributed by atoms with Crippen LogP contribution in [0.15, 0.2) is 47.3 Å². The smallest absolute Gasteiger partial charge is 0.411 e. The molecule has 0 saturated carbocycles. The van der Waals surface area contributed by atoms with E-state index in [0.29, 0.717) is 30.5 Å². The minimum absolute atomic E-state index is 0.349. The quantitative estimate of drug-likeness (QED) is 0.303. The molecule has 0 radical (unpaired) electrons. The van der Waals surface area contributed by atoms with E-state index in [9.17, 15) is 4.79 Å². The number of benzene rings is 1. The van der Waals surface area contributed by atoms with Crippen LogP contribution in [0.3, 0.4) is 0 Å². The van der Waals surface area contributed by atoms with E-state index in [-0.39, 0.29) is 0 Å². The topological polar surface area (TPSA) is 82.2 Å². The molecule has 0 aliphatic heterocycles. The van der Waals surface area contributed by atoms with E-state index in [4.69, 9.17) is 18.9 Å². The predicted molar refractivity (Wildman–Crippen MR) is 139 cm³/mol. The van der Waals surface area contributed by atoms with Crippen molar-refractivity contribution >= 4 is 17.0 Å². The fourth-order valence-electron chi connectivity index (χ4n) is 3.44. The first-order valence-electron chi connectivity index (χ1n) is 11.9. The Kier molecular flexibility index (Phi) is 11.4. The number of hydrogen-bond donors (Lipinski definition) is 1. The fraction of sp³-hybridized carbons (Fsp3) is 0.481. The van der Waals surface area contributed by atoms with Crippen LogP contribution in [0.2, 0.25) is 0 Å². The van der Waals surface area contributed by atoms with Gasteiger partial charge in [-0.2, -0.15) is 0 Å². The van der Waals surface area contributed by atoms with Gasteiger partial charge >= 0.3 is 6.09 Å². The van der Waals surface area contributed by atoms with Gasteiger partial charge in [0.05, 0.1) is 26.3 Å². The summed E-state index contributed by atoms with van der Waals surface area (Å²) in [6, 6.07) is 5.51. The molecule has 8 nitrogen and oxygen atoms in total. The molecule has 0 unspecified atom stereocenters. The van der Waals surface area contributed by atoms with E-state index >= 15 is 0 Å². The lowest BCUT2D eigenvalue weighted by atomic mass is 10.1. The van der Waals surface area contributed by atoms with Gasteiger partial charge in [0.15, 0.2) is 11.5 Å². The van der Waals surface area contributed by atoms with Crippen molar-refractivity contribution in [3.63, 3.8) is 0 Å². The van der Waals surface area contributed by atoms with Crippen LogP contribution in [0.4, 0.5) is 4.79 Å². The average Bonchev–Trinajstić information content (AvgIpc) is 2.85. The van der Waals surface area contributed by atoms with Crippen molar-refractivity contribution in [3.05, 3.63) is 47.3 Å². The third kappa shape index (κ3) is 8.47. The number of nitrogens with one attached hydrogen (secondary N) is 1. The number of alkyl carbamates (subject to hydrolysis) is 1. The van der Waals surface area contributed by atoms with Gasteiger partial charge in [-0.3, -0.25) is 10.3 Å². The van der Waals surface area contributed by atoms with Crippen molar-refractivity contribution in [2.75, 3.05) is 48.1 Å². The second-order valence-corrected chi connectivity index (χ2v) is 8.52. The lowest BCUT2D eigenvalue weighted by Gasteiger charge is -2.16. The first-order chi connectivity index (χ1) is 16.8. The van der Waals surface area contributed by atoms with Gasteiger partial charge in [0.1, 0.15) is 12.4 Å². The maximum atomic E-state index is 12.3. The highest BCUT2D eigenvalue weighted by Crippen LogP contribution is 2.35. The number of methoxy groups -OCH3 is 2. The van der Waals surface area contributed by atoms with Gasteiger partial charge in [-0.25, -0.2) is 4.79 Å². The van der Waals surface area contributed by atoms with Gasteiger partial charge in [0, 0.05) is 23.3 Å². The molecule has 1 amide bonds. The summed E-state index contributed by atoms with van der Waals surface area (Å²) in [7, 11) is 7.25. The zero-order chi connectivity index (χ0) is 25.8. The monoisotopic (exact) mass is 485 g/mol. The summed E-state index contributed by atoms with van der Waals surface area (Å²) in [4.78, 5) is 18.9. The molecule has 192 valence electrons. The van der Waals surface area contributed by atoms with Gasteiger partial charge in [-0.1, -0.05) is 13.0 Å². The van der Waals surface area contributed by atoms with Gasteiger partial charge in [-0.15, -0.1) is 0 Å². The van der Waals surface area contributed by atoms with Crippen molar-refractivity contribution in [2.24, 2.45) is 0 Å². The second-order valence-electron chi connectivity index (χ2n) is 8.52. The van der Waals surface area contributed by atoms with Crippen molar-refractivity contribution in [1.82, 2.24) is 15.2 Å². The van der Waals surface area contributed by atoms with Crippen LogP contribution in [0.1, 0.15) is 40.0 Å². The minimum atomic E-state index is -0.441. The molecule has 0 atom stereocenters. The number of nitrogens with zero attached hydrogens (tertiary/aromatic N) is 2.